The van der Waals surface area contributed by atoms with Crippen LogP contribution in [0.4, 0.5) is 4.39 Å². The van der Waals surface area contributed by atoms with Crippen molar-refractivity contribution in [2.45, 2.75) is 59.0 Å². The number of imidazole rings is 1. The van der Waals surface area contributed by atoms with Gasteiger partial charge in [-0.25, -0.2) is 14.4 Å². The van der Waals surface area contributed by atoms with Crippen molar-refractivity contribution < 1.29 is 19.0 Å². The summed E-state index contributed by atoms with van der Waals surface area (Å²) >= 11 is 0. The number of nitrogens with one attached hydrogen (secondary N) is 1. The molecular weight excluding hydrogens is 421 g/mol. The van der Waals surface area contributed by atoms with Crippen LogP contribution in [-0.2, 0) is 11.2 Å². The number of ether oxygens (including phenoxy) is 1. The zero-order chi connectivity index (χ0) is 23.6. The Balaban J connectivity index is 1.41. The zero-order valence-electron chi connectivity index (χ0n) is 19.3. The number of hydrogen-bond donors (Lipinski definition) is 2. The molecule has 2 N–H and O–H groups in total. The Morgan fingerprint density at radius 1 is 1.15 bits per heavy atom. The van der Waals surface area contributed by atoms with Gasteiger partial charge in [0.25, 0.3) is 0 Å². The van der Waals surface area contributed by atoms with Crippen LogP contribution in [0, 0.1) is 17.2 Å². The number of nitrogens with zero attached hydrogens (tertiary/aromatic N) is 2. The average molecular weight is 452 g/mol. The number of hydrogen-bond acceptors (Lipinski definition) is 4. The lowest BCUT2D eigenvalue weighted by Gasteiger charge is -2.26. The number of halogens is 1. The molecule has 2 aromatic heterocycles. The van der Waals surface area contributed by atoms with Crippen LogP contribution in [0.2, 0.25) is 0 Å². The highest BCUT2D eigenvalue weighted by Gasteiger charge is 2.27. The van der Waals surface area contributed by atoms with E-state index in [1.54, 1.807) is 18.3 Å². The SMILES string of the molecule is CC(C)(C)Cc1c[nH]c(-c2ccc(-c3ccc(O[C@H]4CC[C@@H](C(=O)O)CC4)nc3)cc2F)n1. The molecule has 4 rings (SSSR count). The number of aromatic nitrogens is 3. The third kappa shape index (κ3) is 5.78. The maximum absolute atomic E-state index is 14.9. The second kappa shape index (κ2) is 9.33. The fourth-order valence-corrected chi connectivity index (χ4v) is 4.24. The molecule has 2 heterocycles. The summed E-state index contributed by atoms with van der Waals surface area (Å²) in [6.45, 7) is 6.43. The monoisotopic (exact) mass is 451 g/mol. The van der Waals surface area contributed by atoms with Crippen LogP contribution >= 0.6 is 0 Å². The molecule has 7 heteroatoms. The first-order chi connectivity index (χ1) is 15.7. The van der Waals surface area contributed by atoms with Gasteiger partial charge in [-0.2, -0.15) is 0 Å². The molecular formula is C26H30FN3O3. The quantitative estimate of drug-likeness (QED) is 0.488. The predicted octanol–water partition coefficient (Wildman–Crippen LogP) is 5.89. The highest BCUT2D eigenvalue weighted by Crippen LogP contribution is 2.30. The Morgan fingerprint density at radius 3 is 2.48 bits per heavy atom. The summed E-state index contributed by atoms with van der Waals surface area (Å²) < 4.78 is 20.8. The number of aliphatic carboxylic acids is 1. The van der Waals surface area contributed by atoms with Crippen LogP contribution in [-0.4, -0.2) is 32.1 Å². The van der Waals surface area contributed by atoms with Crippen LogP contribution < -0.4 is 4.74 Å². The number of pyridine rings is 1. The molecule has 0 amide bonds. The predicted molar refractivity (Wildman–Crippen MR) is 124 cm³/mol. The number of carbonyl (C=O) groups is 1. The van der Waals surface area contributed by atoms with Gasteiger partial charge >= 0.3 is 5.97 Å². The van der Waals surface area contributed by atoms with E-state index in [4.69, 9.17) is 9.84 Å². The molecule has 0 bridgehead atoms. The van der Waals surface area contributed by atoms with Crippen molar-refractivity contribution in [3.8, 4) is 28.4 Å². The second-order valence-electron chi connectivity index (χ2n) is 9.99. The lowest BCUT2D eigenvalue weighted by Crippen LogP contribution is -2.28. The number of carboxylic acid groups (broad SMARTS) is 1. The highest BCUT2D eigenvalue weighted by atomic mass is 19.1. The minimum atomic E-state index is -0.730. The van der Waals surface area contributed by atoms with E-state index >= 15 is 0 Å². The normalized spacial score (nSPS) is 18.8. The third-order valence-corrected chi connectivity index (χ3v) is 5.95. The molecule has 174 valence electrons. The van der Waals surface area contributed by atoms with Gasteiger partial charge in [-0.15, -0.1) is 0 Å². The van der Waals surface area contributed by atoms with Crippen molar-refractivity contribution in [1.82, 2.24) is 15.0 Å². The molecule has 33 heavy (non-hydrogen) atoms. The van der Waals surface area contributed by atoms with Crippen LogP contribution in [0.25, 0.3) is 22.5 Å². The number of rotatable bonds is 6. The van der Waals surface area contributed by atoms with Crippen molar-refractivity contribution >= 4 is 5.97 Å². The van der Waals surface area contributed by atoms with Gasteiger partial charge in [0.2, 0.25) is 5.88 Å². The largest absolute Gasteiger partial charge is 0.481 e. The molecule has 0 spiro atoms. The maximum Gasteiger partial charge on any atom is 0.306 e. The fraction of sp³-hybridized carbons (Fsp3) is 0.423. The average Bonchev–Trinajstić information content (AvgIpc) is 3.21. The van der Waals surface area contributed by atoms with Gasteiger partial charge in [0.05, 0.1) is 17.2 Å². The molecule has 1 aliphatic rings. The summed E-state index contributed by atoms with van der Waals surface area (Å²) in [5.41, 5.74) is 2.96. The summed E-state index contributed by atoms with van der Waals surface area (Å²) in [4.78, 5) is 23.1. The smallest absolute Gasteiger partial charge is 0.306 e. The van der Waals surface area contributed by atoms with Gasteiger partial charge in [-0.05, 0) is 61.3 Å². The minimum Gasteiger partial charge on any atom is -0.481 e. The number of aromatic amines is 1. The Bertz CT molecular complexity index is 1110. The summed E-state index contributed by atoms with van der Waals surface area (Å²) in [5.74, 6) is -0.329. The van der Waals surface area contributed by atoms with Crippen LogP contribution in [0.3, 0.4) is 0 Å². The van der Waals surface area contributed by atoms with Crippen LogP contribution in [0.5, 0.6) is 5.88 Å². The highest BCUT2D eigenvalue weighted by molar-refractivity contribution is 5.70. The molecule has 0 aliphatic heterocycles. The summed E-state index contributed by atoms with van der Waals surface area (Å²) in [6, 6.07) is 8.71. The van der Waals surface area contributed by atoms with E-state index in [9.17, 15) is 9.18 Å². The number of H-pyrrole nitrogens is 1. The maximum atomic E-state index is 14.9. The minimum absolute atomic E-state index is 0.0212. The van der Waals surface area contributed by atoms with Crippen LogP contribution in [0.1, 0.15) is 52.1 Å². The topological polar surface area (TPSA) is 88.1 Å². The molecule has 0 radical (unpaired) electrons. The van der Waals surface area contributed by atoms with Gasteiger partial charge in [-0.1, -0.05) is 26.8 Å². The number of benzene rings is 1. The number of carboxylic acids is 1. The van der Waals surface area contributed by atoms with Gasteiger partial charge in [-0.3, -0.25) is 4.79 Å². The van der Waals surface area contributed by atoms with E-state index in [1.807, 2.05) is 18.3 Å². The van der Waals surface area contributed by atoms with Crippen molar-refractivity contribution in [2.75, 3.05) is 0 Å². The zero-order valence-corrected chi connectivity index (χ0v) is 19.3. The van der Waals surface area contributed by atoms with Gasteiger partial charge in [0, 0.05) is 24.0 Å². The lowest BCUT2D eigenvalue weighted by molar-refractivity contribution is -0.143. The van der Waals surface area contributed by atoms with E-state index in [0.29, 0.717) is 43.0 Å². The summed E-state index contributed by atoms with van der Waals surface area (Å²) in [7, 11) is 0. The van der Waals surface area contributed by atoms with Crippen LogP contribution in [0.15, 0.2) is 42.7 Å². The van der Waals surface area contributed by atoms with Crippen molar-refractivity contribution in [2.24, 2.45) is 11.3 Å². The first kappa shape index (κ1) is 23.0. The molecule has 0 atom stereocenters. The Kier molecular flexibility index (Phi) is 6.49. The van der Waals surface area contributed by atoms with Gasteiger partial charge < -0.3 is 14.8 Å². The Morgan fingerprint density at radius 2 is 1.88 bits per heavy atom. The lowest BCUT2D eigenvalue weighted by atomic mass is 9.87. The third-order valence-electron chi connectivity index (χ3n) is 5.95. The van der Waals surface area contributed by atoms with Crippen molar-refractivity contribution in [3.63, 3.8) is 0 Å². The van der Waals surface area contributed by atoms with Gasteiger partial charge in [0.15, 0.2) is 0 Å². The van der Waals surface area contributed by atoms with Crippen molar-refractivity contribution in [1.29, 1.82) is 0 Å². The fourth-order valence-electron chi connectivity index (χ4n) is 4.24. The molecule has 1 saturated carbocycles. The van der Waals surface area contributed by atoms with E-state index in [1.165, 1.54) is 6.07 Å². The van der Waals surface area contributed by atoms with Crippen molar-refractivity contribution in [3.05, 3.63) is 54.2 Å². The Labute approximate surface area is 193 Å². The van der Waals surface area contributed by atoms with E-state index in [2.05, 4.69) is 35.7 Å². The molecule has 1 fully saturated rings. The van der Waals surface area contributed by atoms with Gasteiger partial charge in [0.1, 0.15) is 17.7 Å². The first-order valence-corrected chi connectivity index (χ1v) is 11.4. The molecule has 0 saturated heterocycles. The molecule has 1 aliphatic carbocycles. The van der Waals surface area contributed by atoms with E-state index in [-0.39, 0.29) is 23.3 Å². The summed E-state index contributed by atoms with van der Waals surface area (Å²) in [5, 5.41) is 9.11. The molecule has 3 aromatic rings. The second-order valence-corrected chi connectivity index (χ2v) is 9.99. The molecule has 6 nitrogen and oxygen atoms in total. The summed E-state index contributed by atoms with van der Waals surface area (Å²) in [6.07, 6.45) is 6.95. The molecule has 0 unspecified atom stereocenters. The first-order valence-electron chi connectivity index (χ1n) is 11.4. The van der Waals surface area contributed by atoms with E-state index < -0.39 is 5.97 Å². The standard InChI is InChI=1S/C26H30FN3O3/c1-26(2,3)13-19-15-29-24(30-19)21-10-6-17(12-22(21)27)18-7-11-23(28-14-18)33-20-8-4-16(5-9-20)25(31)32/h6-7,10-12,14-16,20H,4-5,8-9,13H2,1-3H3,(H,29,30)(H,31,32)/t16-,20+. The van der Waals surface area contributed by atoms with E-state index in [0.717, 1.165) is 23.2 Å². The molecule has 1 aromatic carbocycles. The Hall–Kier alpha value is -3.22.